The Morgan fingerprint density at radius 2 is 1.69 bits per heavy atom. The third-order valence-corrected chi connectivity index (χ3v) is 4.89. The molecule has 0 unspecified atom stereocenters. The maximum absolute atomic E-state index is 10.1. The van der Waals surface area contributed by atoms with Gasteiger partial charge in [-0.15, -0.1) is 0 Å². The molecule has 2 aromatic rings. The Labute approximate surface area is 172 Å². The Balaban J connectivity index is 1.33. The highest BCUT2D eigenvalue weighted by Crippen LogP contribution is 2.13. The average Bonchev–Trinajstić information content (AvgIpc) is 2.75. The van der Waals surface area contributed by atoms with E-state index in [0.29, 0.717) is 25.3 Å². The third-order valence-electron chi connectivity index (χ3n) is 4.89. The van der Waals surface area contributed by atoms with Crippen LogP contribution in [0.3, 0.4) is 0 Å². The van der Waals surface area contributed by atoms with E-state index < -0.39 is 6.10 Å². The zero-order valence-electron chi connectivity index (χ0n) is 16.7. The molecule has 1 saturated heterocycles. The van der Waals surface area contributed by atoms with Gasteiger partial charge in [-0.2, -0.15) is 5.26 Å². The Morgan fingerprint density at radius 1 is 1.03 bits per heavy atom. The maximum atomic E-state index is 10.1. The summed E-state index contributed by atoms with van der Waals surface area (Å²) in [5.41, 5.74) is 3.46. The van der Waals surface area contributed by atoms with Crippen LogP contribution in [-0.4, -0.2) is 55.6 Å². The van der Waals surface area contributed by atoms with Gasteiger partial charge in [0.05, 0.1) is 25.7 Å². The molecule has 1 aliphatic rings. The molecule has 154 valence electrons. The van der Waals surface area contributed by atoms with Gasteiger partial charge in [0.15, 0.2) is 0 Å². The topological polar surface area (TPSA) is 77.8 Å². The van der Waals surface area contributed by atoms with Crippen molar-refractivity contribution >= 4 is 0 Å². The summed E-state index contributed by atoms with van der Waals surface area (Å²) in [4.78, 5) is 2.41. The molecule has 0 radical (unpaired) electrons. The molecule has 0 amide bonds. The molecule has 2 aromatic carbocycles. The fourth-order valence-electron chi connectivity index (χ4n) is 3.21. The van der Waals surface area contributed by atoms with E-state index in [1.165, 1.54) is 11.1 Å². The number of nitrogens with zero attached hydrogens (tertiary/aromatic N) is 2. The summed E-state index contributed by atoms with van der Waals surface area (Å²) in [5.74, 6) is 0.696. The highest BCUT2D eigenvalue weighted by Gasteiger charge is 2.10. The van der Waals surface area contributed by atoms with Crippen molar-refractivity contribution in [1.82, 2.24) is 10.2 Å². The van der Waals surface area contributed by atoms with Crippen LogP contribution in [0.15, 0.2) is 48.5 Å². The van der Waals surface area contributed by atoms with E-state index in [1.54, 1.807) is 0 Å². The number of aliphatic hydroxyl groups excluding tert-OH is 1. The van der Waals surface area contributed by atoms with Gasteiger partial charge >= 0.3 is 0 Å². The fourth-order valence-corrected chi connectivity index (χ4v) is 3.21. The number of nitrogens with one attached hydrogen (secondary N) is 1. The van der Waals surface area contributed by atoms with Crippen molar-refractivity contribution in [2.45, 2.75) is 25.6 Å². The van der Waals surface area contributed by atoms with E-state index in [-0.39, 0.29) is 6.61 Å². The number of hydrogen-bond donors (Lipinski definition) is 2. The molecular formula is C23H29N3O3. The van der Waals surface area contributed by atoms with Crippen LogP contribution < -0.4 is 10.1 Å². The minimum absolute atomic E-state index is 0.225. The number of morpholine rings is 1. The van der Waals surface area contributed by atoms with Crippen molar-refractivity contribution < 1.29 is 14.6 Å². The molecule has 0 aromatic heterocycles. The summed E-state index contributed by atoms with van der Waals surface area (Å²) in [5, 5.41) is 22.1. The van der Waals surface area contributed by atoms with E-state index in [1.807, 2.05) is 24.3 Å². The number of hydrogen-bond acceptors (Lipinski definition) is 6. The van der Waals surface area contributed by atoms with Crippen LogP contribution in [0.1, 0.15) is 16.7 Å². The second-order valence-electron chi connectivity index (χ2n) is 7.28. The van der Waals surface area contributed by atoms with Crippen molar-refractivity contribution in [3.05, 3.63) is 65.2 Å². The predicted octanol–water partition coefficient (Wildman–Crippen LogP) is 2.11. The number of rotatable bonds is 10. The molecule has 6 nitrogen and oxygen atoms in total. The average molecular weight is 396 g/mol. The molecule has 0 saturated carbocycles. The molecule has 1 aliphatic heterocycles. The monoisotopic (exact) mass is 395 g/mol. The summed E-state index contributed by atoms with van der Waals surface area (Å²) in [6, 6.07) is 18.1. The molecular weight excluding hydrogens is 366 g/mol. The first-order valence-corrected chi connectivity index (χ1v) is 10.1. The van der Waals surface area contributed by atoms with Crippen LogP contribution >= 0.6 is 0 Å². The minimum atomic E-state index is -0.589. The highest BCUT2D eigenvalue weighted by atomic mass is 16.5. The van der Waals surface area contributed by atoms with Crippen molar-refractivity contribution in [2.24, 2.45) is 0 Å². The lowest BCUT2D eigenvalue weighted by atomic mass is 10.1. The zero-order valence-corrected chi connectivity index (χ0v) is 16.7. The lowest BCUT2D eigenvalue weighted by Gasteiger charge is -2.26. The van der Waals surface area contributed by atoms with E-state index in [2.05, 4.69) is 40.6 Å². The van der Waals surface area contributed by atoms with Crippen LogP contribution in [0.4, 0.5) is 0 Å². The molecule has 0 aliphatic carbocycles. The molecule has 1 fully saturated rings. The summed E-state index contributed by atoms with van der Waals surface area (Å²) in [6.07, 6.45) is -0.199. The SMILES string of the molecule is N#CCc1ccc(OC[C@H](O)CNCc2ccc(CN3CCOCC3)cc2)cc1. The van der Waals surface area contributed by atoms with Crippen LogP contribution in [0.2, 0.25) is 0 Å². The van der Waals surface area contributed by atoms with Crippen LogP contribution in [-0.2, 0) is 24.2 Å². The second kappa shape index (κ2) is 11.5. The first-order chi connectivity index (χ1) is 14.2. The minimum Gasteiger partial charge on any atom is -0.491 e. The fraction of sp³-hybridized carbons (Fsp3) is 0.435. The summed E-state index contributed by atoms with van der Waals surface area (Å²) < 4.78 is 11.0. The standard InChI is InChI=1S/C23H29N3O3/c24-10-9-19-5-7-23(8-6-19)29-18-22(27)16-25-15-20-1-3-21(4-2-20)17-26-11-13-28-14-12-26/h1-8,22,25,27H,9,11-18H2/t22-/m1/s1. The van der Waals surface area contributed by atoms with Crippen LogP contribution in [0.25, 0.3) is 0 Å². The summed E-state index contributed by atoms with van der Waals surface area (Å²) in [6.45, 7) is 5.98. The van der Waals surface area contributed by atoms with Crippen molar-refractivity contribution in [2.75, 3.05) is 39.5 Å². The van der Waals surface area contributed by atoms with Crippen molar-refractivity contribution in [1.29, 1.82) is 5.26 Å². The van der Waals surface area contributed by atoms with Gasteiger partial charge in [0.25, 0.3) is 0 Å². The van der Waals surface area contributed by atoms with Crippen molar-refractivity contribution in [3.8, 4) is 11.8 Å². The lowest BCUT2D eigenvalue weighted by molar-refractivity contribution is 0.0342. The number of ether oxygens (including phenoxy) is 2. The normalized spacial score (nSPS) is 15.6. The highest BCUT2D eigenvalue weighted by molar-refractivity contribution is 5.28. The Bertz CT molecular complexity index is 765. The number of nitriles is 1. The van der Waals surface area contributed by atoms with Crippen LogP contribution in [0, 0.1) is 11.3 Å². The summed E-state index contributed by atoms with van der Waals surface area (Å²) in [7, 11) is 0. The molecule has 29 heavy (non-hydrogen) atoms. The first kappa shape index (κ1) is 21.3. The maximum Gasteiger partial charge on any atom is 0.119 e. The van der Waals surface area contributed by atoms with Gasteiger partial charge in [0, 0.05) is 32.7 Å². The van der Waals surface area contributed by atoms with Gasteiger partial charge in [-0.25, -0.2) is 0 Å². The van der Waals surface area contributed by atoms with E-state index >= 15 is 0 Å². The second-order valence-corrected chi connectivity index (χ2v) is 7.28. The smallest absolute Gasteiger partial charge is 0.119 e. The Hall–Kier alpha value is -2.43. The van der Waals surface area contributed by atoms with Gasteiger partial charge < -0.3 is 19.9 Å². The Kier molecular flexibility index (Phi) is 8.47. The van der Waals surface area contributed by atoms with Crippen molar-refractivity contribution in [3.63, 3.8) is 0 Å². The quantitative estimate of drug-likeness (QED) is 0.642. The Morgan fingerprint density at radius 3 is 2.38 bits per heavy atom. The molecule has 2 N–H and O–H groups in total. The zero-order chi connectivity index (χ0) is 20.3. The molecule has 3 rings (SSSR count). The molecule has 1 heterocycles. The molecule has 0 bridgehead atoms. The van der Waals surface area contributed by atoms with Gasteiger partial charge in [-0.1, -0.05) is 36.4 Å². The first-order valence-electron chi connectivity index (χ1n) is 10.1. The van der Waals surface area contributed by atoms with Crippen LogP contribution in [0.5, 0.6) is 5.75 Å². The lowest BCUT2D eigenvalue weighted by Crippen LogP contribution is -2.35. The molecule has 1 atom stereocenters. The number of benzene rings is 2. The molecule has 0 spiro atoms. The summed E-state index contributed by atoms with van der Waals surface area (Å²) >= 11 is 0. The van der Waals surface area contributed by atoms with Gasteiger partial charge in [0.2, 0.25) is 0 Å². The molecule has 6 heteroatoms. The predicted molar refractivity (Wildman–Crippen MR) is 112 cm³/mol. The largest absolute Gasteiger partial charge is 0.491 e. The van der Waals surface area contributed by atoms with E-state index in [4.69, 9.17) is 14.7 Å². The number of aliphatic hydroxyl groups is 1. The van der Waals surface area contributed by atoms with E-state index in [0.717, 1.165) is 38.4 Å². The van der Waals surface area contributed by atoms with Gasteiger partial charge in [0.1, 0.15) is 18.5 Å². The van der Waals surface area contributed by atoms with E-state index in [9.17, 15) is 5.11 Å². The van der Waals surface area contributed by atoms with Gasteiger partial charge in [-0.05, 0) is 28.8 Å². The van der Waals surface area contributed by atoms with Gasteiger partial charge in [-0.3, -0.25) is 4.90 Å². The third kappa shape index (κ3) is 7.48.